The van der Waals surface area contributed by atoms with Crippen molar-refractivity contribution >= 4 is 29.2 Å². The number of amides is 1. The van der Waals surface area contributed by atoms with Crippen molar-refractivity contribution in [3.63, 3.8) is 0 Å². The van der Waals surface area contributed by atoms with Gasteiger partial charge in [-0.05, 0) is 50.6 Å². The largest absolute Gasteiger partial charge is 0.449 e. The first-order valence-electron chi connectivity index (χ1n) is 7.47. The minimum absolute atomic E-state index is 0.0387. The molecular weight excluding hydrogens is 342 g/mol. The first-order valence-corrected chi connectivity index (χ1v) is 7.85. The van der Waals surface area contributed by atoms with E-state index in [9.17, 15) is 9.59 Å². The Bertz CT molecular complexity index is 851. The lowest BCUT2D eigenvalue weighted by Crippen LogP contribution is -2.30. The van der Waals surface area contributed by atoms with Crippen LogP contribution >= 0.6 is 11.6 Å². The molecule has 0 fully saturated rings. The minimum atomic E-state index is -1.05. The van der Waals surface area contributed by atoms with Crippen LogP contribution < -0.4 is 5.32 Å². The highest BCUT2D eigenvalue weighted by Gasteiger charge is 2.23. The van der Waals surface area contributed by atoms with Crippen LogP contribution in [-0.4, -0.2) is 23.0 Å². The number of carbonyl (C=O) groups excluding carboxylic acids is 2. The van der Waals surface area contributed by atoms with Gasteiger partial charge in [0.15, 0.2) is 6.10 Å². The third kappa shape index (κ3) is 4.55. The molecule has 1 N–H and O–H groups in total. The monoisotopic (exact) mass is 357 g/mol. The molecule has 7 heteroatoms. The van der Waals surface area contributed by atoms with Crippen LogP contribution in [0, 0.1) is 25.2 Å². The highest BCUT2D eigenvalue weighted by Crippen LogP contribution is 2.20. The second-order valence-electron chi connectivity index (χ2n) is 5.48. The Labute approximate surface area is 150 Å². The number of rotatable bonds is 4. The van der Waals surface area contributed by atoms with Crippen molar-refractivity contribution in [1.82, 2.24) is 4.98 Å². The molecule has 0 spiro atoms. The highest BCUT2D eigenvalue weighted by molar-refractivity contribution is 6.32. The van der Waals surface area contributed by atoms with Gasteiger partial charge in [0.05, 0.1) is 17.2 Å². The zero-order valence-electron chi connectivity index (χ0n) is 14.0. The van der Waals surface area contributed by atoms with Crippen molar-refractivity contribution in [2.24, 2.45) is 0 Å². The standard InChI is InChI=1S/C18H16ClN3O3/c1-10-7-11(2)21-16(19)15(10)18(24)25-12(3)17(23)22-14-6-4-5-13(8-14)9-20/h4-8,12H,1-3H3,(H,22,23)/t12-/m0/s1. The summed E-state index contributed by atoms with van der Waals surface area (Å²) in [4.78, 5) is 28.5. The summed E-state index contributed by atoms with van der Waals surface area (Å²) in [7, 11) is 0. The summed E-state index contributed by atoms with van der Waals surface area (Å²) in [5, 5.41) is 11.5. The molecular formula is C18H16ClN3O3. The number of hydrogen-bond acceptors (Lipinski definition) is 5. The van der Waals surface area contributed by atoms with E-state index in [2.05, 4.69) is 10.3 Å². The fourth-order valence-corrected chi connectivity index (χ4v) is 2.58. The summed E-state index contributed by atoms with van der Waals surface area (Å²) in [6, 6.07) is 10.1. The van der Waals surface area contributed by atoms with E-state index in [0.29, 0.717) is 22.5 Å². The Balaban J connectivity index is 2.08. The van der Waals surface area contributed by atoms with Crippen LogP contribution in [0.2, 0.25) is 5.15 Å². The first-order chi connectivity index (χ1) is 11.8. The van der Waals surface area contributed by atoms with Crippen molar-refractivity contribution < 1.29 is 14.3 Å². The molecule has 2 rings (SSSR count). The summed E-state index contributed by atoms with van der Waals surface area (Å²) in [6.07, 6.45) is -1.05. The Morgan fingerprint density at radius 1 is 1.32 bits per heavy atom. The number of nitriles is 1. The van der Waals surface area contributed by atoms with Gasteiger partial charge in [0.25, 0.3) is 5.91 Å². The molecule has 6 nitrogen and oxygen atoms in total. The molecule has 2 aromatic rings. The molecule has 1 atom stereocenters. The van der Waals surface area contributed by atoms with Crippen LogP contribution in [0.1, 0.15) is 34.1 Å². The molecule has 128 valence electrons. The molecule has 0 saturated heterocycles. The Morgan fingerprint density at radius 3 is 2.68 bits per heavy atom. The second kappa shape index (κ2) is 7.77. The maximum atomic E-state index is 12.3. The minimum Gasteiger partial charge on any atom is -0.449 e. The van der Waals surface area contributed by atoms with Gasteiger partial charge in [-0.1, -0.05) is 17.7 Å². The number of aryl methyl sites for hydroxylation is 2. The van der Waals surface area contributed by atoms with E-state index >= 15 is 0 Å². The molecule has 0 saturated carbocycles. The number of anilines is 1. The number of esters is 1. The van der Waals surface area contributed by atoms with Gasteiger partial charge in [-0.15, -0.1) is 0 Å². The van der Waals surface area contributed by atoms with Gasteiger partial charge >= 0.3 is 5.97 Å². The first kappa shape index (κ1) is 18.4. The van der Waals surface area contributed by atoms with E-state index < -0.39 is 18.0 Å². The molecule has 1 aromatic heterocycles. The van der Waals surface area contributed by atoms with Gasteiger partial charge < -0.3 is 10.1 Å². The summed E-state index contributed by atoms with van der Waals surface area (Å²) >= 11 is 6.01. The smallest absolute Gasteiger partial charge is 0.342 e. The van der Waals surface area contributed by atoms with Crippen molar-refractivity contribution in [3.05, 3.63) is 57.9 Å². The van der Waals surface area contributed by atoms with E-state index in [0.717, 1.165) is 0 Å². The third-order valence-corrected chi connectivity index (χ3v) is 3.69. The molecule has 0 unspecified atom stereocenters. The second-order valence-corrected chi connectivity index (χ2v) is 5.83. The molecule has 25 heavy (non-hydrogen) atoms. The lowest BCUT2D eigenvalue weighted by molar-refractivity contribution is -0.123. The highest BCUT2D eigenvalue weighted by atomic mass is 35.5. The number of benzene rings is 1. The number of pyridine rings is 1. The molecule has 1 heterocycles. The number of ether oxygens (including phenoxy) is 1. The predicted molar refractivity (Wildman–Crippen MR) is 93.4 cm³/mol. The maximum absolute atomic E-state index is 12.3. The van der Waals surface area contributed by atoms with Crippen LogP contribution in [0.5, 0.6) is 0 Å². The molecule has 0 aliphatic rings. The van der Waals surface area contributed by atoms with Gasteiger partial charge in [-0.25, -0.2) is 9.78 Å². The fraction of sp³-hybridized carbons (Fsp3) is 0.222. The van der Waals surface area contributed by atoms with Crippen molar-refractivity contribution in [2.75, 3.05) is 5.32 Å². The molecule has 0 aliphatic carbocycles. The molecule has 1 aromatic carbocycles. The predicted octanol–water partition coefficient (Wildman–Crippen LogP) is 3.41. The number of carbonyl (C=O) groups is 2. The number of aromatic nitrogens is 1. The normalized spacial score (nSPS) is 11.3. The van der Waals surface area contributed by atoms with E-state index in [1.807, 2.05) is 6.07 Å². The zero-order chi connectivity index (χ0) is 18.6. The SMILES string of the molecule is Cc1cc(C)c(C(=O)O[C@@H](C)C(=O)Nc2cccc(C#N)c2)c(Cl)n1. The summed E-state index contributed by atoms with van der Waals surface area (Å²) in [6.45, 7) is 4.93. The van der Waals surface area contributed by atoms with Gasteiger partial charge in [-0.3, -0.25) is 4.79 Å². The fourth-order valence-electron chi connectivity index (χ4n) is 2.22. The topological polar surface area (TPSA) is 92.1 Å². The van der Waals surface area contributed by atoms with E-state index in [-0.39, 0.29) is 10.7 Å². The van der Waals surface area contributed by atoms with E-state index in [4.69, 9.17) is 21.6 Å². The van der Waals surface area contributed by atoms with Gasteiger partial charge in [0, 0.05) is 11.4 Å². The van der Waals surface area contributed by atoms with Crippen LogP contribution in [0.4, 0.5) is 5.69 Å². The maximum Gasteiger partial charge on any atom is 0.342 e. The number of hydrogen-bond donors (Lipinski definition) is 1. The summed E-state index contributed by atoms with van der Waals surface area (Å²) in [5.74, 6) is -1.24. The number of halogens is 1. The number of nitrogens with zero attached hydrogens (tertiary/aromatic N) is 2. The van der Waals surface area contributed by atoms with Crippen LogP contribution in [0.15, 0.2) is 30.3 Å². The number of nitrogens with one attached hydrogen (secondary N) is 1. The van der Waals surface area contributed by atoms with Crippen LogP contribution in [-0.2, 0) is 9.53 Å². The molecule has 0 aliphatic heterocycles. The zero-order valence-corrected chi connectivity index (χ0v) is 14.7. The molecule has 0 radical (unpaired) electrons. The van der Waals surface area contributed by atoms with Gasteiger partial charge in [0.2, 0.25) is 0 Å². The van der Waals surface area contributed by atoms with Crippen molar-refractivity contribution in [2.45, 2.75) is 26.9 Å². The Morgan fingerprint density at radius 2 is 2.04 bits per heavy atom. The van der Waals surface area contributed by atoms with Crippen molar-refractivity contribution in [1.29, 1.82) is 5.26 Å². The van der Waals surface area contributed by atoms with Gasteiger partial charge in [0.1, 0.15) is 5.15 Å². The quantitative estimate of drug-likeness (QED) is 0.668. The Hall–Kier alpha value is -2.91. The van der Waals surface area contributed by atoms with Crippen LogP contribution in [0.3, 0.4) is 0 Å². The van der Waals surface area contributed by atoms with Crippen LogP contribution in [0.25, 0.3) is 0 Å². The van der Waals surface area contributed by atoms with Crippen molar-refractivity contribution in [3.8, 4) is 6.07 Å². The average Bonchev–Trinajstić information content (AvgIpc) is 2.53. The lowest BCUT2D eigenvalue weighted by Gasteiger charge is -2.15. The summed E-state index contributed by atoms with van der Waals surface area (Å²) in [5.41, 5.74) is 2.30. The summed E-state index contributed by atoms with van der Waals surface area (Å²) < 4.78 is 5.19. The molecule has 0 bridgehead atoms. The third-order valence-electron chi connectivity index (χ3n) is 3.42. The molecule has 1 amide bonds. The van der Waals surface area contributed by atoms with E-state index in [1.54, 1.807) is 38.1 Å². The lowest BCUT2D eigenvalue weighted by atomic mass is 10.1. The average molecular weight is 358 g/mol. The Kier molecular flexibility index (Phi) is 5.73. The van der Waals surface area contributed by atoms with E-state index in [1.165, 1.54) is 13.0 Å². The van der Waals surface area contributed by atoms with Gasteiger partial charge in [-0.2, -0.15) is 5.26 Å².